The number of aromatic nitrogens is 1. The van der Waals surface area contributed by atoms with Gasteiger partial charge in [-0.15, -0.1) is 11.8 Å². The highest BCUT2D eigenvalue weighted by atomic mass is 32.2. The molecule has 5 rings (SSSR count). The number of ether oxygens (including phenoxy) is 1. The van der Waals surface area contributed by atoms with Crippen molar-refractivity contribution in [2.24, 2.45) is 0 Å². The number of benzene rings is 3. The lowest BCUT2D eigenvalue weighted by Crippen LogP contribution is -2.50. The Morgan fingerprint density at radius 3 is 2.74 bits per heavy atom. The van der Waals surface area contributed by atoms with Crippen molar-refractivity contribution in [1.82, 2.24) is 15.6 Å². The van der Waals surface area contributed by atoms with Gasteiger partial charge in [-0.2, -0.15) is 0 Å². The summed E-state index contributed by atoms with van der Waals surface area (Å²) < 4.78 is 6.14. The molecule has 3 aromatic carbocycles. The summed E-state index contributed by atoms with van der Waals surface area (Å²) in [7, 11) is 0. The van der Waals surface area contributed by atoms with Crippen molar-refractivity contribution >= 4 is 34.3 Å². The van der Waals surface area contributed by atoms with Crippen LogP contribution in [0.5, 0.6) is 5.75 Å². The summed E-state index contributed by atoms with van der Waals surface area (Å²) in [5.41, 5.74) is 2.90. The molecular formula is C32H33N3O3S. The summed E-state index contributed by atoms with van der Waals surface area (Å²) in [6.07, 6.45) is 6.28. The summed E-state index contributed by atoms with van der Waals surface area (Å²) in [5.74, 6) is 1.31. The van der Waals surface area contributed by atoms with Gasteiger partial charge < -0.3 is 15.4 Å². The highest BCUT2D eigenvalue weighted by Gasteiger charge is 2.23. The van der Waals surface area contributed by atoms with Crippen molar-refractivity contribution in [2.45, 2.75) is 49.6 Å². The minimum atomic E-state index is -0.601. The van der Waals surface area contributed by atoms with Crippen molar-refractivity contribution in [1.29, 1.82) is 0 Å². The standard InChI is InChI=1S/C32H33N3O3S/c1-22-21-38-30-12-5-4-10-28(30)26-18-27(20-33-19-26)39-15-7-6-11-29(32(37)34-22)35-31(36)17-23-13-14-24-8-2-3-9-25(24)16-23/h2-5,8-10,12-14,16,18-20,22,29H,6-7,11,15,17,21H2,1H3,(H,34,37)(H,35,36)/t22-,29+/m1/s1. The van der Waals surface area contributed by atoms with E-state index in [9.17, 15) is 9.59 Å². The molecule has 1 aliphatic rings. The van der Waals surface area contributed by atoms with Crippen LogP contribution in [0.1, 0.15) is 31.7 Å². The minimum absolute atomic E-state index is 0.157. The van der Waals surface area contributed by atoms with Crippen molar-refractivity contribution in [3.05, 3.63) is 90.8 Å². The quantitative estimate of drug-likeness (QED) is 0.345. The zero-order valence-corrected chi connectivity index (χ0v) is 22.9. The molecule has 4 aromatic rings. The first-order valence-corrected chi connectivity index (χ1v) is 14.4. The molecule has 0 fully saturated rings. The van der Waals surface area contributed by atoms with Crippen molar-refractivity contribution in [3.63, 3.8) is 0 Å². The van der Waals surface area contributed by atoms with Gasteiger partial charge in [-0.05, 0) is 54.0 Å². The second-order valence-electron chi connectivity index (χ2n) is 9.95. The van der Waals surface area contributed by atoms with Crippen LogP contribution < -0.4 is 15.4 Å². The molecule has 0 saturated heterocycles. The number of carbonyl (C=O) groups is 2. The minimum Gasteiger partial charge on any atom is -0.491 e. The zero-order valence-electron chi connectivity index (χ0n) is 22.1. The average molecular weight is 540 g/mol. The third-order valence-corrected chi connectivity index (χ3v) is 7.82. The van der Waals surface area contributed by atoms with E-state index in [1.165, 1.54) is 0 Å². The van der Waals surface area contributed by atoms with Crippen LogP contribution >= 0.6 is 11.8 Å². The molecular weight excluding hydrogens is 506 g/mol. The third-order valence-electron chi connectivity index (χ3n) is 6.77. The number of nitrogens with one attached hydrogen (secondary N) is 2. The fraction of sp³-hybridized carbons (Fsp3) is 0.281. The molecule has 6 nitrogen and oxygen atoms in total. The summed E-state index contributed by atoms with van der Waals surface area (Å²) in [5, 5.41) is 8.28. The number of amides is 2. The van der Waals surface area contributed by atoms with E-state index >= 15 is 0 Å². The van der Waals surface area contributed by atoms with Gasteiger partial charge in [-0.25, -0.2) is 0 Å². The molecule has 2 bridgehead atoms. The molecule has 0 radical (unpaired) electrons. The van der Waals surface area contributed by atoms with E-state index in [0.717, 1.165) is 56.7 Å². The predicted octanol–water partition coefficient (Wildman–Crippen LogP) is 5.79. The first-order valence-electron chi connectivity index (χ1n) is 13.4. The first-order chi connectivity index (χ1) is 19.0. The number of hydrogen-bond acceptors (Lipinski definition) is 5. The van der Waals surface area contributed by atoms with Gasteiger partial charge in [0.2, 0.25) is 11.8 Å². The summed E-state index contributed by atoms with van der Waals surface area (Å²) >= 11 is 1.75. The Morgan fingerprint density at radius 2 is 1.85 bits per heavy atom. The number of thioether (sulfide) groups is 1. The monoisotopic (exact) mass is 539 g/mol. The molecule has 1 aliphatic heterocycles. The van der Waals surface area contributed by atoms with Gasteiger partial charge in [0.25, 0.3) is 0 Å². The molecule has 0 unspecified atom stereocenters. The molecule has 0 aliphatic carbocycles. The maximum absolute atomic E-state index is 13.3. The average Bonchev–Trinajstić information content (AvgIpc) is 2.95. The first kappa shape index (κ1) is 26.8. The fourth-order valence-electron chi connectivity index (χ4n) is 4.76. The van der Waals surface area contributed by atoms with E-state index < -0.39 is 6.04 Å². The lowest BCUT2D eigenvalue weighted by Gasteiger charge is -2.22. The summed E-state index contributed by atoms with van der Waals surface area (Å²) in [6.45, 7) is 2.22. The number of fused-ring (bicyclic) bond motifs is 5. The molecule has 0 spiro atoms. The Balaban J connectivity index is 1.28. The van der Waals surface area contributed by atoms with Gasteiger partial charge in [0, 0.05) is 28.4 Å². The van der Waals surface area contributed by atoms with Crippen LogP contribution in [0.25, 0.3) is 21.9 Å². The summed E-state index contributed by atoms with van der Waals surface area (Å²) in [4.78, 5) is 31.8. The maximum Gasteiger partial charge on any atom is 0.242 e. The lowest BCUT2D eigenvalue weighted by molar-refractivity contribution is -0.129. The van der Waals surface area contributed by atoms with Crippen LogP contribution in [0.15, 0.2) is 90.1 Å². The van der Waals surface area contributed by atoms with Gasteiger partial charge >= 0.3 is 0 Å². The van der Waals surface area contributed by atoms with Crippen molar-refractivity contribution in [2.75, 3.05) is 12.4 Å². The smallest absolute Gasteiger partial charge is 0.242 e. The second-order valence-corrected chi connectivity index (χ2v) is 11.1. The normalized spacial score (nSPS) is 18.4. The molecule has 1 aromatic heterocycles. The Morgan fingerprint density at radius 1 is 1.03 bits per heavy atom. The Labute approximate surface area is 233 Å². The van der Waals surface area contributed by atoms with Gasteiger partial charge in [-0.1, -0.05) is 67.1 Å². The molecule has 2 atom stereocenters. The van der Waals surface area contributed by atoms with Gasteiger partial charge in [0.1, 0.15) is 18.4 Å². The second kappa shape index (κ2) is 12.8. The van der Waals surface area contributed by atoms with Crippen molar-refractivity contribution < 1.29 is 14.3 Å². The van der Waals surface area contributed by atoms with Crippen molar-refractivity contribution in [3.8, 4) is 16.9 Å². The zero-order chi connectivity index (χ0) is 27.0. The van der Waals surface area contributed by atoms with Gasteiger partial charge in [-0.3, -0.25) is 14.6 Å². The van der Waals surface area contributed by atoms with E-state index in [0.29, 0.717) is 13.0 Å². The van der Waals surface area contributed by atoms with Crippen LogP contribution in [0.4, 0.5) is 0 Å². The third kappa shape index (κ3) is 7.18. The van der Waals surface area contributed by atoms with E-state index in [4.69, 9.17) is 4.74 Å². The lowest BCUT2D eigenvalue weighted by atomic mass is 10.0. The maximum atomic E-state index is 13.3. The van der Waals surface area contributed by atoms with E-state index in [-0.39, 0.29) is 24.3 Å². The SMILES string of the molecule is C[C@@H]1COc2ccccc2-c2cncc(c2)SCCCC[C@H](NC(=O)Cc2ccc3ccccc3c2)C(=O)N1. The molecule has 39 heavy (non-hydrogen) atoms. The van der Waals surface area contributed by atoms with Crippen LogP contribution in [0.3, 0.4) is 0 Å². The Kier molecular flexibility index (Phi) is 8.78. The summed E-state index contributed by atoms with van der Waals surface area (Å²) in [6, 6.07) is 23.3. The van der Waals surface area contributed by atoms with Crippen LogP contribution in [0.2, 0.25) is 0 Å². The number of para-hydroxylation sites is 1. The topological polar surface area (TPSA) is 80.3 Å². The highest BCUT2D eigenvalue weighted by molar-refractivity contribution is 7.99. The van der Waals surface area contributed by atoms with E-state index in [2.05, 4.69) is 27.8 Å². The highest BCUT2D eigenvalue weighted by Crippen LogP contribution is 2.32. The molecule has 2 amide bonds. The number of pyridine rings is 1. The molecule has 7 heteroatoms. The van der Waals surface area contributed by atoms with E-state index in [1.807, 2.05) is 80.0 Å². The molecule has 0 saturated carbocycles. The van der Waals surface area contributed by atoms with Crippen LogP contribution in [-0.2, 0) is 16.0 Å². The van der Waals surface area contributed by atoms with Gasteiger partial charge in [0.05, 0.1) is 12.5 Å². The molecule has 2 heterocycles. The van der Waals surface area contributed by atoms with E-state index in [1.54, 1.807) is 11.8 Å². The largest absolute Gasteiger partial charge is 0.491 e. The number of carbonyl (C=O) groups excluding carboxylic acids is 2. The fourth-order valence-corrected chi connectivity index (χ4v) is 5.69. The van der Waals surface area contributed by atoms with Crippen LogP contribution in [-0.4, -0.2) is 41.2 Å². The Hall–Kier alpha value is -3.84. The predicted molar refractivity (Wildman–Crippen MR) is 157 cm³/mol. The number of nitrogens with zero attached hydrogens (tertiary/aromatic N) is 1. The number of hydrogen-bond donors (Lipinski definition) is 2. The van der Waals surface area contributed by atoms with Gasteiger partial charge in [0.15, 0.2) is 0 Å². The number of rotatable bonds is 3. The Bertz CT molecular complexity index is 1460. The molecule has 200 valence electrons. The molecule has 2 N–H and O–H groups in total. The van der Waals surface area contributed by atoms with Crippen LogP contribution in [0, 0.1) is 0 Å².